The van der Waals surface area contributed by atoms with E-state index in [1.54, 1.807) is 24.3 Å². The largest absolute Gasteiger partial charge is 0.550 e. The summed E-state index contributed by atoms with van der Waals surface area (Å²) < 4.78 is 0.877. The van der Waals surface area contributed by atoms with Crippen LogP contribution in [0.5, 0.6) is 0 Å². The number of thioether (sulfide) groups is 1. The van der Waals surface area contributed by atoms with Gasteiger partial charge in [-0.25, -0.2) is 0 Å². The first-order valence-corrected chi connectivity index (χ1v) is 8.74. The molecule has 24 heavy (non-hydrogen) atoms. The van der Waals surface area contributed by atoms with E-state index in [1.807, 2.05) is 6.07 Å². The maximum atomic E-state index is 12.5. The summed E-state index contributed by atoms with van der Waals surface area (Å²) in [5.74, 6) is -3.55. The Kier molecular flexibility index (Phi) is 6.14. The minimum absolute atomic E-state index is 0.0498. The molecule has 2 rings (SSSR count). The summed E-state index contributed by atoms with van der Waals surface area (Å²) in [5, 5.41) is 21.8. The van der Waals surface area contributed by atoms with Crippen molar-refractivity contribution in [2.45, 2.75) is 18.9 Å². The van der Waals surface area contributed by atoms with E-state index in [0.29, 0.717) is 0 Å². The molecule has 1 atom stereocenters. The van der Waals surface area contributed by atoms with Gasteiger partial charge in [-0.2, -0.15) is 0 Å². The molecule has 1 amide bonds. The molecule has 126 valence electrons. The van der Waals surface area contributed by atoms with Crippen molar-refractivity contribution in [1.82, 2.24) is 4.90 Å². The molecule has 6 nitrogen and oxygen atoms in total. The zero-order valence-electron chi connectivity index (χ0n) is 12.1. The number of nitrogens with zero attached hydrogens (tertiary/aromatic N) is 1. The zero-order chi connectivity index (χ0) is 17.9. The normalized spacial score (nSPS) is 17.4. The Morgan fingerprint density at radius 2 is 2.08 bits per heavy atom. The molecule has 0 bridgehead atoms. The molecular formula is C15H10BrNO5S2-2. The van der Waals surface area contributed by atoms with Crippen LogP contribution >= 0.6 is 39.9 Å². The number of aliphatic carboxylic acids is 2. The van der Waals surface area contributed by atoms with Gasteiger partial charge in [-0.3, -0.25) is 9.69 Å². The fourth-order valence-corrected chi connectivity index (χ4v) is 3.88. The molecule has 0 unspecified atom stereocenters. The number of carbonyl (C=O) groups is 3. The van der Waals surface area contributed by atoms with Crippen LogP contribution in [0.2, 0.25) is 0 Å². The fourth-order valence-electron chi connectivity index (χ4n) is 2.10. The Balaban J connectivity index is 2.26. The summed E-state index contributed by atoms with van der Waals surface area (Å²) in [6, 6.07) is 5.75. The van der Waals surface area contributed by atoms with E-state index in [-0.39, 0.29) is 15.6 Å². The van der Waals surface area contributed by atoms with Gasteiger partial charge in [0, 0.05) is 10.4 Å². The third kappa shape index (κ3) is 4.43. The predicted octanol–water partition coefficient (Wildman–Crippen LogP) is 0.299. The van der Waals surface area contributed by atoms with Crippen LogP contribution in [0.1, 0.15) is 18.4 Å². The molecule has 1 aromatic carbocycles. The Labute approximate surface area is 155 Å². The van der Waals surface area contributed by atoms with Gasteiger partial charge in [0.25, 0.3) is 5.91 Å². The van der Waals surface area contributed by atoms with Crippen molar-refractivity contribution in [2.24, 2.45) is 0 Å². The molecule has 9 heteroatoms. The monoisotopic (exact) mass is 427 g/mol. The summed E-state index contributed by atoms with van der Waals surface area (Å²) in [4.78, 5) is 35.5. The van der Waals surface area contributed by atoms with E-state index in [0.717, 1.165) is 26.7 Å². The summed E-state index contributed by atoms with van der Waals surface area (Å²) in [5.41, 5.74) is 0.740. The predicted molar refractivity (Wildman–Crippen MR) is 92.2 cm³/mol. The lowest BCUT2D eigenvalue weighted by atomic mass is 10.1. The number of hydrogen-bond acceptors (Lipinski definition) is 7. The van der Waals surface area contributed by atoms with Gasteiger partial charge >= 0.3 is 0 Å². The number of carbonyl (C=O) groups excluding carboxylic acids is 3. The van der Waals surface area contributed by atoms with Crippen LogP contribution < -0.4 is 10.2 Å². The average molecular weight is 428 g/mol. The molecular weight excluding hydrogens is 418 g/mol. The molecule has 0 aliphatic carbocycles. The quantitative estimate of drug-likeness (QED) is 0.475. The highest BCUT2D eigenvalue weighted by Gasteiger charge is 2.37. The van der Waals surface area contributed by atoms with Gasteiger partial charge in [-0.15, -0.1) is 0 Å². The standard InChI is InChI=1S/C15H12BrNO5S2/c16-9-3-1-2-8(6-9)7-11-13(20)17(15(23)24-11)10(14(21)22)4-5-12(18)19/h1-3,6-7,10H,4-5H2,(H,18,19)(H,21,22)/p-2/b11-7-/t10-/m0/s1. The smallest absolute Gasteiger partial charge is 0.266 e. The molecule has 0 aromatic heterocycles. The lowest BCUT2D eigenvalue weighted by Crippen LogP contribution is -2.50. The molecule has 1 heterocycles. The second-order valence-corrected chi connectivity index (χ2v) is 7.44. The highest BCUT2D eigenvalue weighted by Crippen LogP contribution is 2.35. The van der Waals surface area contributed by atoms with Gasteiger partial charge in [0.15, 0.2) is 0 Å². The van der Waals surface area contributed by atoms with E-state index >= 15 is 0 Å². The summed E-state index contributed by atoms with van der Waals surface area (Å²) >= 11 is 9.36. The van der Waals surface area contributed by atoms with Crippen LogP contribution in [0, 0.1) is 0 Å². The summed E-state index contributed by atoms with van der Waals surface area (Å²) in [6.07, 6.45) is 0.747. The minimum Gasteiger partial charge on any atom is -0.550 e. The molecule has 0 radical (unpaired) electrons. The third-order valence-corrected chi connectivity index (χ3v) is 5.00. The molecule has 1 aromatic rings. The number of rotatable bonds is 6. The van der Waals surface area contributed by atoms with Crippen molar-refractivity contribution in [3.63, 3.8) is 0 Å². The highest BCUT2D eigenvalue weighted by atomic mass is 79.9. The average Bonchev–Trinajstić information content (AvgIpc) is 2.74. The van der Waals surface area contributed by atoms with E-state index in [4.69, 9.17) is 12.2 Å². The zero-order valence-corrected chi connectivity index (χ0v) is 15.3. The maximum Gasteiger partial charge on any atom is 0.266 e. The molecule has 0 saturated carbocycles. The van der Waals surface area contributed by atoms with Gasteiger partial charge in [0.05, 0.1) is 16.9 Å². The van der Waals surface area contributed by atoms with E-state index in [9.17, 15) is 24.6 Å². The molecule has 1 saturated heterocycles. The van der Waals surface area contributed by atoms with Crippen molar-refractivity contribution in [2.75, 3.05) is 0 Å². The van der Waals surface area contributed by atoms with Crippen molar-refractivity contribution < 1.29 is 24.6 Å². The number of amides is 1. The molecule has 0 spiro atoms. The Hall–Kier alpha value is -1.71. The maximum absolute atomic E-state index is 12.5. The van der Waals surface area contributed by atoms with Gasteiger partial charge in [-0.05, 0) is 36.6 Å². The van der Waals surface area contributed by atoms with Gasteiger partial charge in [0.2, 0.25) is 0 Å². The molecule has 1 aliphatic heterocycles. The van der Waals surface area contributed by atoms with Crippen LogP contribution in [0.15, 0.2) is 33.6 Å². The van der Waals surface area contributed by atoms with Crippen molar-refractivity contribution in [3.05, 3.63) is 39.2 Å². The Bertz CT molecular complexity index is 749. The van der Waals surface area contributed by atoms with Crippen LogP contribution in [0.4, 0.5) is 0 Å². The van der Waals surface area contributed by atoms with Crippen LogP contribution in [-0.2, 0) is 14.4 Å². The molecule has 1 fully saturated rings. The number of thiocarbonyl (C=S) groups is 1. The number of benzene rings is 1. The lowest BCUT2D eigenvalue weighted by Gasteiger charge is -2.27. The van der Waals surface area contributed by atoms with Gasteiger partial charge in [0.1, 0.15) is 4.32 Å². The van der Waals surface area contributed by atoms with Crippen LogP contribution in [0.3, 0.4) is 0 Å². The topological polar surface area (TPSA) is 101 Å². The first kappa shape index (κ1) is 18.6. The minimum atomic E-state index is -1.56. The number of hydrogen-bond donors (Lipinski definition) is 0. The number of carboxylic acid groups (broad SMARTS) is 2. The van der Waals surface area contributed by atoms with Crippen LogP contribution in [0.25, 0.3) is 6.08 Å². The van der Waals surface area contributed by atoms with E-state index < -0.39 is 30.3 Å². The molecule has 0 N–H and O–H groups in total. The second-order valence-electron chi connectivity index (χ2n) is 4.85. The Morgan fingerprint density at radius 1 is 1.38 bits per heavy atom. The van der Waals surface area contributed by atoms with Crippen molar-refractivity contribution in [1.29, 1.82) is 0 Å². The van der Waals surface area contributed by atoms with Crippen LogP contribution in [-0.4, -0.2) is 33.1 Å². The lowest BCUT2D eigenvalue weighted by molar-refractivity contribution is -0.311. The SMILES string of the molecule is O=C([O-])CC[C@@H](C(=O)[O-])N1C(=O)/C(=C/c2cccc(Br)c2)SC1=S. The van der Waals surface area contributed by atoms with E-state index in [2.05, 4.69) is 15.9 Å². The Morgan fingerprint density at radius 3 is 2.67 bits per heavy atom. The van der Waals surface area contributed by atoms with Gasteiger partial charge in [-0.1, -0.05) is 52.0 Å². The van der Waals surface area contributed by atoms with E-state index in [1.165, 1.54) is 0 Å². The van der Waals surface area contributed by atoms with Crippen molar-refractivity contribution >= 4 is 68.2 Å². The molecule has 1 aliphatic rings. The first-order valence-electron chi connectivity index (χ1n) is 6.73. The number of halogens is 1. The first-order chi connectivity index (χ1) is 11.3. The second kappa shape index (κ2) is 7.91. The van der Waals surface area contributed by atoms with Crippen molar-refractivity contribution in [3.8, 4) is 0 Å². The summed E-state index contributed by atoms with van der Waals surface area (Å²) in [7, 11) is 0. The summed E-state index contributed by atoms with van der Waals surface area (Å²) in [6.45, 7) is 0. The number of carboxylic acids is 2. The fraction of sp³-hybridized carbons (Fsp3) is 0.200. The van der Waals surface area contributed by atoms with Gasteiger partial charge < -0.3 is 19.8 Å². The third-order valence-electron chi connectivity index (χ3n) is 3.18. The highest BCUT2D eigenvalue weighted by molar-refractivity contribution is 9.10.